The Bertz CT molecular complexity index is 2900. The normalized spacial score (nSPS) is 11.4. The van der Waals surface area contributed by atoms with Crippen molar-refractivity contribution in [1.29, 1.82) is 0 Å². The third-order valence-corrected chi connectivity index (χ3v) is 9.96. The molecule has 0 fully saturated rings. The summed E-state index contributed by atoms with van der Waals surface area (Å²) in [7, 11) is 0. The molecule has 10 aromatic rings. The summed E-state index contributed by atoms with van der Waals surface area (Å²) in [6, 6.07) is 65.1. The first-order chi connectivity index (χ1) is 26.3. The number of benzene rings is 8. The Kier molecular flexibility index (Phi) is 7.43. The predicted octanol–water partition coefficient (Wildman–Crippen LogP) is 12.9. The van der Waals surface area contributed by atoms with Crippen LogP contribution in [0.5, 0.6) is 0 Å². The molecule has 0 unspecified atom stereocenters. The van der Waals surface area contributed by atoms with Crippen LogP contribution in [0.1, 0.15) is 0 Å². The Morgan fingerprint density at radius 3 is 1.34 bits per heavy atom. The minimum absolute atomic E-state index is 0.624. The van der Waals surface area contributed by atoms with Crippen molar-refractivity contribution in [3.05, 3.63) is 188 Å². The molecule has 4 heteroatoms. The fourth-order valence-electron chi connectivity index (χ4n) is 7.34. The van der Waals surface area contributed by atoms with Crippen molar-refractivity contribution in [3.8, 4) is 67.5 Å². The highest BCUT2D eigenvalue weighted by molar-refractivity contribution is 6.22. The summed E-state index contributed by atoms with van der Waals surface area (Å²) in [6.07, 6.45) is 0. The van der Waals surface area contributed by atoms with Crippen molar-refractivity contribution >= 4 is 32.7 Å². The lowest BCUT2D eigenvalue weighted by Crippen LogP contribution is -2.00. The summed E-state index contributed by atoms with van der Waals surface area (Å²) < 4.78 is 6.63. The maximum Gasteiger partial charge on any atom is 0.164 e. The SMILES string of the molecule is c1ccc(-c2ccc(-c3nc(-c4ccccc4)nc(-c4ccc(-c5cccc6oc7c8ccccc8c(-c8ccccc8)cc7c56)cc4)n3)cc2)cc1. The number of rotatable bonds is 6. The molecule has 8 aromatic carbocycles. The quantitative estimate of drug-likeness (QED) is 0.176. The molecule has 2 heterocycles. The summed E-state index contributed by atoms with van der Waals surface area (Å²) in [4.78, 5) is 14.9. The lowest BCUT2D eigenvalue weighted by Gasteiger charge is -2.10. The van der Waals surface area contributed by atoms with E-state index in [0.29, 0.717) is 17.5 Å². The van der Waals surface area contributed by atoms with E-state index in [1.54, 1.807) is 0 Å². The van der Waals surface area contributed by atoms with Crippen molar-refractivity contribution in [3.63, 3.8) is 0 Å². The number of hydrogen-bond acceptors (Lipinski definition) is 4. The molecule has 53 heavy (non-hydrogen) atoms. The van der Waals surface area contributed by atoms with Crippen LogP contribution >= 0.6 is 0 Å². The maximum atomic E-state index is 6.63. The van der Waals surface area contributed by atoms with Crippen LogP contribution in [-0.2, 0) is 0 Å². The molecule has 0 aliphatic carbocycles. The van der Waals surface area contributed by atoms with E-state index in [0.717, 1.165) is 60.7 Å². The molecule has 0 radical (unpaired) electrons. The Labute approximate surface area is 306 Å². The molecule has 0 amide bonds. The van der Waals surface area contributed by atoms with Crippen molar-refractivity contribution in [2.45, 2.75) is 0 Å². The van der Waals surface area contributed by atoms with E-state index in [1.165, 1.54) is 22.1 Å². The molecule has 0 saturated carbocycles. The first-order valence-corrected chi connectivity index (χ1v) is 17.8. The highest BCUT2D eigenvalue weighted by atomic mass is 16.3. The predicted molar refractivity (Wildman–Crippen MR) is 217 cm³/mol. The molecule has 10 rings (SSSR count). The van der Waals surface area contributed by atoms with Crippen molar-refractivity contribution < 1.29 is 4.42 Å². The Hall–Kier alpha value is -7.17. The van der Waals surface area contributed by atoms with E-state index in [2.05, 4.69) is 152 Å². The second-order valence-electron chi connectivity index (χ2n) is 13.2. The number of fused-ring (bicyclic) bond motifs is 5. The van der Waals surface area contributed by atoms with Gasteiger partial charge in [-0.05, 0) is 50.9 Å². The number of aromatic nitrogens is 3. The Morgan fingerprint density at radius 1 is 0.302 bits per heavy atom. The van der Waals surface area contributed by atoms with Crippen LogP contribution in [0.2, 0.25) is 0 Å². The van der Waals surface area contributed by atoms with Gasteiger partial charge in [0.05, 0.1) is 0 Å². The van der Waals surface area contributed by atoms with Gasteiger partial charge >= 0.3 is 0 Å². The van der Waals surface area contributed by atoms with Gasteiger partial charge in [-0.2, -0.15) is 0 Å². The van der Waals surface area contributed by atoms with Crippen LogP contribution in [0.25, 0.3) is 100 Å². The molecule has 0 bridgehead atoms. The van der Waals surface area contributed by atoms with Gasteiger partial charge < -0.3 is 4.42 Å². The number of hydrogen-bond donors (Lipinski definition) is 0. The van der Waals surface area contributed by atoms with Crippen molar-refractivity contribution in [1.82, 2.24) is 15.0 Å². The van der Waals surface area contributed by atoms with Gasteiger partial charge in [-0.25, -0.2) is 15.0 Å². The third-order valence-electron chi connectivity index (χ3n) is 9.96. The number of furan rings is 1. The molecular weight excluding hydrogens is 647 g/mol. The first-order valence-electron chi connectivity index (χ1n) is 17.8. The van der Waals surface area contributed by atoms with Gasteiger partial charge in [-0.15, -0.1) is 0 Å². The molecule has 248 valence electrons. The van der Waals surface area contributed by atoms with Crippen LogP contribution in [-0.4, -0.2) is 15.0 Å². The minimum atomic E-state index is 0.624. The topological polar surface area (TPSA) is 51.8 Å². The summed E-state index contributed by atoms with van der Waals surface area (Å²) in [6.45, 7) is 0. The van der Waals surface area contributed by atoms with Gasteiger partial charge in [0, 0.05) is 32.8 Å². The highest BCUT2D eigenvalue weighted by Gasteiger charge is 2.18. The molecule has 0 aliphatic rings. The average molecular weight is 678 g/mol. The highest BCUT2D eigenvalue weighted by Crippen LogP contribution is 2.43. The van der Waals surface area contributed by atoms with Crippen molar-refractivity contribution in [2.75, 3.05) is 0 Å². The minimum Gasteiger partial charge on any atom is -0.455 e. The zero-order chi connectivity index (χ0) is 35.1. The lowest BCUT2D eigenvalue weighted by atomic mass is 9.93. The van der Waals surface area contributed by atoms with E-state index in [9.17, 15) is 0 Å². The van der Waals surface area contributed by atoms with Gasteiger partial charge in [0.15, 0.2) is 17.5 Å². The van der Waals surface area contributed by atoms with Crippen LogP contribution in [0, 0.1) is 0 Å². The van der Waals surface area contributed by atoms with E-state index in [4.69, 9.17) is 19.4 Å². The molecule has 4 nitrogen and oxygen atoms in total. The molecule has 0 atom stereocenters. The lowest BCUT2D eigenvalue weighted by molar-refractivity contribution is 0.673. The van der Waals surface area contributed by atoms with Crippen molar-refractivity contribution in [2.24, 2.45) is 0 Å². The zero-order valence-electron chi connectivity index (χ0n) is 28.6. The van der Waals surface area contributed by atoms with Crippen LogP contribution in [0.3, 0.4) is 0 Å². The fourth-order valence-corrected chi connectivity index (χ4v) is 7.34. The molecule has 0 saturated heterocycles. The standard InChI is InChI=1S/C49H31N3O/c1-4-13-32(14-5-1)33-23-27-37(28-24-33)48-50-47(36-17-8-3-9-18-36)51-49(52-48)38-29-25-35(26-30-38)39-21-12-22-44-45(39)43-31-42(34-15-6-2-7-16-34)40-19-10-11-20-41(40)46(43)53-44/h1-31H. The monoisotopic (exact) mass is 677 g/mol. The van der Waals surface area contributed by atoms with E-state index in [1.807, 2.05) is 36.4 Å². The Morgan fingerprint density at radius 2 is 0.736 bits per heavy atom. The molecule has 2 aromatic heterocycles. The van der Waals surface area contributed by atoms with Gasteiger partial charge in [0.1, 0.15) is 11.2 Å². The van der Waals surface area contributed by atoms with Crippen LogP contribution < -0.4 is 0 Å². The van der Waals surface area contributed by atoms with Gasteiger partial charge in [-0.3, -0.25) is 0 Å². The number of nitrogens with zero attached hydrogens (tertiary/aromatic N) is 3. The maximum absolute atomic E-state index is 6.63. The third kappa shape index (κ3) is 5.54. The molecule has 0 spiro atoms. The van der Waals surface area contributed by atoms with Gasteiger partial charge in [-0.1, -0.05) is 176 Å². The van der Waals surface area contributed by atoms with Gasteiger partial charge in [0.2, 0.25) is 0 Å². The summed E-state index contributed by atoms with van der Waals surface area (Å²) >= 11 is 0. The average Bonchev–Trinajstić information content (AvgIpc) is 3.63. The fraction of sp³-hybridized carbons (Fsp3) is 0. The molecular formula is C49H31N3O. The second-order valence-corrected chi connectivity index (χ2v) is 13.2. The molecule has 0 aliphatic heterocycles. The van der Waals surface area contributed by atoms with Crippen LogP contribution in [0.4, 0.5) is 0 Å². The van der Waals surface area contributed by atoms with Gasteiger partial charge in [0.25, 0.3) is 0 Å². The largest absolute Gasteiger partial charge is 0.455 e. The summed E-state index contributed by atoms with van der Waals surface area (Å²) in [5.74, 6) is 1.89. The first kappa shape index (κ1) is 30.6. The van der Waals surface area contributed by atoms with E-state index in [-0.39, 0.29) is 0 Å². The molecule has 0 N–H and O–H groups in total. The zero-order valence-corrected chi connectivity index (χ0v) is 28.6. The van der Waals surface area contributed by atoms with E-state index < -0.39 is 0 Å². The summed E-state index contributed by atoms with van der Waals surface area (Å²) in [5.41, 5.74) is 11.4. The van der Waals surface area contributed by atoms with Crippen LogP contribution in [0.15, 0.2) is 192 Å². The van der Waals surface area contributed by atoms with E-state index >= 15 is 0 Å². The smallest absolute Gasteiger partial charge is 0.164 e. The Balaban J connectivity index is 1.08. The summed E-state index contributed by atoms with van der Waals surface area (Å²) in [5, 5.41) is 4.49. The second kappa shape index (κ2) is 12.9.